The summed E-state index contributed by atoms with van der Waals surface area (Å²) in [6, 6.07) is 0. The van der Waals surface area contributed by atoms with E-state index in [1.807, 2.05) is 0 Å². The van der Waals surface area contributed by atoms with Gasteiger partial charge in [0.05, 0.1) is 26.3 Å². The van der Waals surface area contributed by atoms with Gasteiger partial charge in [0.15, 0.2) is 0 Å². The number of hydrogen-bond donors (Lipinski definition) is 3. The zero-order valence-corrected chi connectivity index (χ0v) is 9.50. The van der Waals surface area contributed by atoms with Gasteiger partial charge in [0.2, 0.25) is 0 Å². The van der Waals surface area contributed by atoms with Gasteiger partial charge in [0, 0.05) is 12.8 Å². The molecule has 6 heteroatoms. The molecule has 3 N–H and O–H groups in total. The van der Waals surface area contributed by atoms with Gasteiger partial charge >= 0.3 is 0 Å². The molecule has 1 fully saturated rings. The van der Waals surface area contributed by atoms with Crippen LogP contribution in [-0.4, -0.2) is 64.4 Å². The third-order valence-electron chi connectivity index (χ3n) is 2.29. The molecular formula is C10H19N3O3. The molecule has 1 saturated heterocycles. The van der Waals surface area contributed by atoms with Crippen LogP contribution in [0.25, 0.3) is 0 Å². The average molecular weight is 229 g/mol. The van der Waals surface area contributed by atoms with Crippen LogP contribution >= 0.6 is 0 Å². The summed E-state index contributed by atoms with van der Waals surface area (Å²) in [5, 5.41) is 27.0. The lowest BCUT2D eigenvalue weighted by atomic mass is 10.3. The molecule has 0 aromatic heterocycles. The van der Waals surface area contributed by atoms with Crippen LogP contribution in [0.3, 0.4) is 0 Å². The molecule has 0 amide bonds. The Kier molecular flexibility index (Phi) is 5.37. The fourth-order valence-electron chi connectivity index (χ4n) is 1.71. The first-order chi connectivity index (χ1) is 7.70. The van der Waals surface area contributed by atoms with Crippen LogP contribution in [0.2, 0.25) is 0 Å². The first-order valence-electron chi connectivity index (χ1n) is 5.46. The van der Waals surface area contributed by atoms with Crippen molar-refractivity contribution in [2.24, 2.45) is 9.98 Å². The van der Waals surface area contributed by atoms with Crippen LogP contribution in [0.4, 0.5) is 0 Å². The maximum absolute atomic E-state index is 9.63. The molecule has 0 saturated carbocycles. The summed E-state index contributed by atoms with van der Waals surface area (Å²) in [5.74, 6) is 1.50. The minimum Gasteiger partial charge on any atom is -0.394 e. The van der Waals surface area contributed by atoms with Crippen LogP contribution in [0.5, 0.6) is 0 Å². The maximum atomic E-state index is 9.63. The van der Waals surface area contributed by atoms with E-state index >= 15 is 0 Å². The topological polar surface area (TPSA) is 88.7 Å². The van der Waals surface area contributed by atoms with Crippen molar-refractivity contribution in [3.05, 3.63) is 0 Å². The Bertz CT molecular complexity index is 252. The predicted molar refractivity (Wildman–Crippen MR) is 61.5 cm³/mol. The van der Waals surface area contributed by atoms with Gasteiger partial charge in [-0.3, -0.25) is 14.9 Å². The van der Waals surface area contributed by atoms with E-state index in [0.29, 0.717) is 13.1 Å². The normalized spacial score (nSPS) is 23.4. The van der Waals surface area contributed by atoms with Crippen LogP contribution in [-0.2, 0) is 0 Å². The van der Waals surface area contributed by atoms with Gasteiger partial charge in [-0.25, -0.2) is 0 Å². The number of rotatable bonds is 5. The fourth-order valence-corrected chi connectivity index (χ4v) is 1.71. The number of nitrogens with zero attached hydrogens (tertiary/aromatic N) is 3. The van der Waals surface area contributed by atoms with Crippen LogP contribution in [0, 0.1) is 0 Å². The summed E-state index contributed by atoms with van der Waals surface area (Å²) < 4.78 is 0. The monoisotopic (exact) mass is 229 g/mol. The first kappa shape index (κ1) is 13.1. The first-order valence-corrected chi connectivity index (χ1v) is 5.46. The minimum absolute atomic E-state index is 0.000264. The second kappa shape index (κ2) is 6.57. The molecule has 1 aliphatic rings. The molecule has 0 spiro atoms. The molecular weight excluding hydrogens is 210 g/mol. The molecule has 92 valence electrons. The van der Waals surface area contributed by atoms with Gasteiger partial charge in [0.1, 0.15) is 17.9 Å². The van der Waals surface area contributed by atoms with Gasteiger partial charge in [-0.05, 0) is 6.92 Å². The Morgan fingerprint density at radius 2 is 1.56 bits per heavy atom. The summed E-state index contributed by atoms with van der Waals surface area (Å²) in [6.45, 7) is 2.33. The smallest absolute Gasteiger partial charge is 0.130 e. The fraction of sp³-hybridized carbons (Fsp3) is 0.800. The van der Waals surface area contributed by atoms with E-state index in [1.165, 1.54) is 0 Å². The molecule has 1 atom stereocenters. The quantitative estimate of drug-likeness (QED) is 0.576. The van der Waals surface area contributed by atoms with Crippen LogP contribution in [0.15, 0.2) is 9.98 Å². The zero-order valence-electron chi connectivity index (χ0n) is 9.50. The summed E-state index contributed by atoms with van der Waals surface area (Å²) in [7, 11) is 0. The van der Waals surface area contributed by atoms with Gasteiger partial charge in [-0.1, -0.05) is 0 Å². The molecule has 0 aromatic rings. The second-order valence-corrected chi connectivity index (χ2v) is 3.54. The average Bonchev–Trinajstić information content (AvgIpc) is 2.66. The van der Waals surface area contributed by atoms with Gasteiger partial charge < -0.3 is 15.3 Å². The predicted octanol–water partition coefficient (Wildman–Crippen LogP) is -0.798. The summed E-state index contributed by atoms with van der Waals surface area (Å²) in [5.41, 5.74) is 0. The largest absolute Gasteiger partial charge is 0.394 e. The van der Waals surface area contributed by atoms with Crippen molar-refractivity contribution in [3.8, 4) is 0 Å². The van der Waals surface area contributed by atoms with E-state index in [9.17, 15) is 5.11 Å². The molecule has 0 bridgehead atoms. The Balaban J connectivity index is 2.76. The molecule has 1 heterocycles. The number of hydrogen-bond acceptors (Lipinski definition) is 5. The number of amidine groups is 2. The SMILES string of the molecule is CC(O)N1/C(=N\CCO)CC/C1=N\CCO. The van der Waals surface area contributed by atoms with Crippen LogP contribution < -0.4 is 0 Å². The van der Waals surface area contributed by atoms with Crippen molar-refractivity contribution < 1.29 is 15.3 Å². The van der Waals surface area contributed by atoms with Gasteiger partial charge in [0.25, 0.3) is 0 Å². The molecule has 1 rings (SSSR count). The third-order valence-corrected chi connectivity index (χ3v) is 2.29. The van der Waals surface area contributed by atoms with Crippen molar-refractivity contribution in [1.29, 1.82) is 0 Å². The molecule has 0 aromatic carbocycles. The molecule has 0 radical (unpaired) electrons. The molecule has 1 unspecified atom stereocenters. The minimum atomic E-state index is -0.683. The van der Waals surface area contributed by atoms with Crippen molar-refractivity contribution >= 4 is 11.7 Å². The second-order valence-electron chi connectivity index (χ2n) is 3.54. The number of aliphatic imine (C=N–C) groups is 2. The lowest BCUT2D eigenvalue weighted by Gasteiger charge is -2.23. The number of likely N-dealkylation sites (tertiary alicyclic amines) is 1. The third kappa shape index (κ3) is 3.26. The highest BCUT2D eigenvalue weighted by Crippen LogP contribution is 2.17. The van der Waals surface area contributed by atoms with E-state index in [4.69, 9.17) is 10.2 Å². The lowest BCUT2D eigenvalue weighted by Crippen LogP contribution is -2.38. The van der Waals surface area contributed by atoms with Gasteiger partial charge in [-0.15, -0.1) is 0 Å². The highest BCUT2D eigenvalue weighted by molar-refractivity contribution is 6.07. The van der Waals surface area contributed by atoms with Crippen molar-refractivity contribution in [3.63, 3.8) is 0 Å². The maximum Gasteiger partial charge on any atom is 0.130 e. The standard InChI is InChI=1S/C10H19N3O3/c1-8(16)13-9(11-4-6-14)2-3-10(13)12-5-7-15/h8,14-16H,2-7H2,1H3/b11-9-,12-10+. The van der Waals surface area contributed by atoms with E-state index < -0.39 is 6.23 Å². The molecule has 16 heavy (non-hydrogen) atoms. The lowest BCUT2D eigenvalue weighted by molar-refractivity contribution is 0.114. The molecule has 6 nitrogen and oxygen atoms in total. The van der Waals surface area contributed by atoms with Crippen molar-refractivity contribution in [2.75, 3.05) is 26.3 Å². The van der Waals surface area contributed by atoms with Crippen LogP contribution in [0.1, 0.15) is 19.8 Å². The van der Waals surface area contributed by atoms with Gasteiger partial charge in [-0.2, -0.15) is 0 Å². The Hall–Kier alpha value is -0.980. The van der Waals surface area contributed by atoms with E-state index in [2.05, 4.69) is 9.98 Å². The summed E-state index contributed by atoms with van der Waals surface area (Å²) in [6.07, 6.45) is 0.752. The van der Waals surface area contributed by atoms with E-state index in [-0.39, 0.29) is 13.2 Å². The Morgan fingerprint density at radius 1 is 1.12 bits per heavy atom. The van der Waals surface area contributed by atoms with E-state index in [1.54, 1.807) is 11.8 Å². The van der Waals surface area contributed by atoms with E-state index in [0.717, 1.165) is 24.5 Å². The summed E-state index contributed by atoms with van der Waals surface area (Å²) >= 11 is 0. The van der Waals surface area contributed by atoms with Crippen molar-refractivity contribution in [2.45, 2.75) is 26.0 Å². The molecule has 1 aliphatic heterocycles. The highest BCUT2D eigenvalue weighted by atomic mass is 16.3. The number of aliphatic hydroxyl groups excluding tert-OH is 3. The van der Waals surface area contributed by atoms with Crippen molar-refractivity contribution in [1.82, 2.24) is 4.90 Å². The Labute approximate surface area is 95.0 Å². The number of aliphatic hydroxyl groups is 3. The summed E-state index contributed by atoms with van der Waals surface area (Å²) in [4.78, 5) is 10.0. The zero-order chi connectivity index (χ0) is 12.0. The molecule has 0 aliphatic carbocycles. The highest BCUT2D eigenvalue weighted by Gasteiger charge is 2.28. The Morgan fingerprint density at radius 3 is 1.88 bits per heavy atom.